The van der Waals surface area contributed by atoms with Crippen LogP contribution in [0.15, 0.2) is 23.3 Å². The zero-order valence-electron chi connectivity index (χ0n) is 42.1. The quantitative estimate of drug-likeness (QED) is 0.0622. The van der Waals surface area contributed by atoms with Gasteiger partial charge in [-0.15, -0.1) is 0 Å². The number of carboxylic acids is 1. The fraction of sp³-hybridized carbons (Fsp3) is 0.863. The van der Waals surface area contributed by atoms with Crippen molar-refractivity contribution in [1.82, 2.24) is 0 Å². The highest BCUT2D eigenvalue weighted by Gasteiger charge is 2.76. The normalized spacial score (nSPS) is 48.6. The lowest BCUT2D eigenvalue weighted by molar-refractivity contribution is -0.357. The molecule has 18 nitrogen and oxygen atoms in total. The van der Waals surface area contributed by atoms with Gasteiger partial charge in [-0.05, 0) is 92.8 Å². The Bertz CT molecular complexity index is 2000. The van der Waals surface area contributed by atoms with Crippen molar-refractivity contribution in [3.63, 3.8) is 0 Å². The Morgan fingerprint density at radius 1 is 0.841 bits per heavy atom. The van der Waals surface area contributed by atoms with Crippen LogP contribution in [0, 0.1) is 56.2 Å². The number of aliphatic carboxylic acids is 1. The summed E-state index contributed by atoms with van der Waals surface area (Å²) in [4.78, 5) is 39.7. The van der Waals surface area contributed by atoms with E-state index in [0.717, 1.165) is 5.57 Å². The first-order valence-corrected chi connectivity index (χ1v) is 25.0. The van der Waals surface area contributed by atoms with Gasteiger partial charge in [-0.3, -0.25) is 4.79 Å². The van der Waals surface area contributed by atoms with Gasteiger partial charge in [0.25, 0.3) is 0 Å². The number of aliphatic hydroxyl groups excluding tert-OH is 8. The molecule has 7 aliphatic rings. The second-order valence-electron chi connectivity index (χ2n) is 23.6. The van der Waals surface area contributed by atoms with Gasteiger partial charge in [0.05, 0.1) is 42.9 Å². The van der Waals surface area contributed by atoms with Crippen LogP contribution in [-0.4, -0.2) is 163 Å². The van der Waals surface area contributed by atoms with Crippen LogP contribution in [0.5, 0.6) is 0 Å². The SMILES string of the molecule is CC=C(C)C(=O)O[C@H]1[C@H](OC(=O)[C@H](C)CC)[C@]2(CO)[C@H](O)[C@H](O)[C@]3(C)C(=CC[C@@H]4[C@@]5(C)CC[C@H](O[C@@H]6O[C@H](C(=O)O)[C@@H](O)[C@H](O[C@@H]7OC[C@H](O)[C@H](O)[C@H]7O)[C@H]6O)C(C)(C)[C@@H]5CC[C@]43C)[C@@H]2CC1(C)C. The third kappa shape index (κ3) is 8.26. The fourth-order valence-corrected chi connectivity index (χ4v) is 14.8. The number of carbonyl (C=O) groups excluding carboxylic acids is 2. The molecule has 0 spiro atoms. The largest absolute Gasteiger partial charge is 0.479 e. The highest BCUT2D eigenvalue weighted by molar-refractivity contribution is 5.87. The van der Waals surface area contributed by atoms with E-state index in [0.29, 0.717) is 50.5 Å². The van der Waals surface area contributed by atoms with E-state index in [-0.39, 0.29) is 17.3 Å². The molecular weight excluding hydrogens is 901 g/mol. The number of rotatable bonds is 11. The van der Waals surface area contributed by atoms with Gasteiger partial charge in [0.2, 0.25) is 0 Å². The van der Waals surface area contributed by atoms with E-state index in [1.54, 1.807) is 26.8 Å². The van der Waals surface area contributed by atoms with Gasteiger partial charge in [-0.1, -0.05) is 80.0 Å². The van der Waals surface area contributed by atoms with Crippen molar-refractivity contribution in [3.8, 4) is 0 Å². The molecule has 2 aliphatic heterocycles. The molecule has 0 bridgehead atoms. The van der Waals surface area contributed by atoms with Crippen molar-refractivity contribution >= 4 is 17.9 Å². The molecular formula is C51H80O18. The van der Waals surface area contributed by atoms with Gasteiger partial charge in [-0.25, -0.2) is 9.59 Å². The van der Waals surface area contributed by atoms with Crippen molar-refractivity contribution < 1.29 is 88.8 Å². The van der Waals surface area contributed by atoms with Gasteiger partial charge in [0, 0.05) is 16.4 Å². The molecule has 2 heterocycles. The summed E-state index contributed by atoms with van der Waals surface area (Å²) in [5, 5.41) is 101. The molecule has 4 saturated carbocycles. The van der Waals surface area contributed by atoms with Crippen LogP contribution in [0.1, 0.15) is 121 Å². The van der Waals surface area contributed by atoms with Gasteiger partial charge in [0.15, 0.2) is 24.8 Å². The summed E-state index contributed by atoms with van der Waals surface area (Å²) in [6.07, 6.45) is -13.9. The predicted octanol–water partition coefficient (Wildman–Crippen LogP) is 2.52. The molecule has 0 radical (unpaired) electrons. The summed E-state index contributed by atoms with van der Waals surface area (Å²) < 4.78 is 36.0. The second-order valence-corrected chi connectivity index (χ2v) is 23.6. The number of fused-ring (bicyclic) bond motifs is 7. The lowest BCUT2D eigenvalue weighted by Crippen LogP contribution is -2.76. The molecule has 0 aromatic rings. The monoisotopic (exact) mass is 981 g/mol. The Morgan fingerprint density at radius 2 is 1.51 bits per heavy atom. The van der Waals surface area contributed by atoms with Gasteiger partial charge >= 0.3 is 17.9 Å². The van der Waals surface area contributed by atoms with Crippen LogP contribution >= 0.6 is 0 Å². The Labute approximate surface area is 405 Å². The molecule has 0 unspecified atom stereocenters. The molecule has 0 aromatic carbocycles. The first kappa shape index (κ1) is 54.2. The number of hydrogen-bond acceptors (Lipinski definition) is 17. The van der Waals surface area contributed by atoms with Crippen molar-refractivity contribution in [1.29, 1.82) is 0 Å². The Morgan fingerprint density at radius 3 is 2.12 bits per heavy atom. The first-order valence-electron chi connectivity index (χ1n) is 25.0. The molecule has 0 aromatic heterocycles. The maximum absolute atomic E-state index is 13.8. The Balaban J connectivity index is 1.20. The fourth-order valence-electron chi connectivity index (χ4n) is 14.8. The van der Waals surface area contributed by atoms with E-state index < -0.39 is 156 Å². The van der Waals surface area contributed by atoms with Crippen LogP contribution in [0.3, 0.4) is 0 Å². The van der Waals surface area contributed by atoms with Crippen LogP contribution in [0.2, 0.25) is 0 Å². The molecule has 5 aliphatic carbocycles. The highest BCUT2D eigenvalue weighted by atomic mass is 16.7. The van der Waals surface area contributed by atoms with E-state index in [1.807, 2.05) is 27.7 Å². The minimum Gasteiger partial charge on any atom is -0.479 e. The van der Waals surface area contributed by atoms with E-state index in [4.69, 9.17) is 28.4 Å². The lowest BCUT2D eigenvalue weighted by atomic mass is 9.32. The average Bonchev–Trinajstić information content (AvgIpc) is 3.29. The zero-order valence-corrected chi connectivity index (χ0v) is 42.1. The van der Waals surface area contributed by atoms with Crippen molar-refractivity contribution in [3.05, 3.63) is 23.3 Å². The van der Waals surface area contributed by atoms with E-state index in [1.165, 1.54) is 0 Å². The number of hydrogen-bond donors (Lipinski definition) is 9. The van der Waals surface area contributed by atoms with Crippen molar-refractivity contribution in [2.24, 2.45) is 56.2 Å². The third-order valence-electron chi connectivity index (χ3n) is 19.5. The van der Waals surface area contributed by atoms with E-state index >= 15 is 0 Å². The van der Waals surface area contributed by atoms with Crippen molar-refractivity contribution in [2.45, 2.75) is 207 Å². The molecule has 0 amide bonds. The summed E-state index contributed by atoms with van der Waals surface area (Å²) in [6.45, 7) is 20.3. The number of ether oxygens (including phenoxy) is 6. The molecule has 6 fully saturated rings. The first-order chi connectivity index (χ1) is 32.1. The summed E-state index contributed by atoms with van der Waals surface area (Å²) in [5.41, 5.74) is -3.93. The smallest absolute Gasteiger partial charge is 0.335 e. The number of carbonyl (C=O) groups is 3. The Kier molecular flexibility index (Phi) is 14.9. The third-order valence-corrected chi connectivity index (χ3v) is 19.5. The minimum atomic E-state index is -1.94. The summed E-state index contributed by atoms with van der Waals surface area (Å²) in [7, 11) is 0. The predicted molar refractivity (Wildman–Crippen MR) is 244 cm³/mol. The average molecular weight is 981 g/mol. The Hall–Kier alpha value is -2.59. The molecule has 7 rings (SSSR count). The number of aliphatic hydroxyl groups is 8. The minimum absolute atomic E-state index is 0.0241. The van der Waals surface area contributed by atoms with E-state index in [9.17, 15) is 60.3 Å². The standard InChI is InChI=1S/C51H80O18/c1-12-23(3)42(62)68-39-40(69-43(63)24(4)13-2)51(22-52)26(20-46(39,5)6)25-14-15-29-48(9)18-17-30(47(7,8)28(48)16-19-49(29,10)50(25,11)37(58)38(51)59)65-45-34(57)35(33(56)36(67-45)41(60)61)66-44-32(55)31(54)27(53)21-64-44/h12,14,24,26-40,44-45,52-59H,13,15-22H2,1-11H3,(H,60,61)/t24-,26+,27+,28+,29-,30+,31+,32-,33+,34-,35+,36+,37+,38-,39+,40+,44+,45-,48+,49-,50+,51+/m1/s1. The van der Waals surface area contributed by atoms with Crippen molar-refractivity contribution in [2.75, 3.05) is 13.2 Å². The van der Waals surface area contributed by atoms with Crippen LogP contribution < -0.4 is 0 Å². The molecule has 9 N–H and O–H groups in total. The highest BCUT2D eigenvalue weighted by Crippen LogP contribution is 2.76. The number of carboxylic acid groups (broad SMARTS) is 1. The molecule has 69 heavy (non-hydrogen) atoms. The maximum Gasteiger partial charge on any atom is 0.335 e. The van der Waals surface area contributed by atoms with Gasteiger partial charge < -0.3 is 74.4 Å². The zero-order chi connectivity index (χ0) is 51.3. The summed E-state index contributed by atoms with van der Waals surface area (Å²) in [6, 6.07) is 0. The molecule has 18 heteroatoms. The van der Waals surface area contributed by atoms with Crippen LogP contribution in [-0.2, 0) is 42.8 Å². The lowest BCUT2D eigenvalue weighted by Gasteiger charge is -2.73. The van der Waals surface area contributed by atoms with Gasteiger partial charge in [-0.2, -0.15) is 0 Å². The summed E-state index contributed by atoms with van der Waals surface area (Å²) >= 11 is 0. The second kappa shape index (κ2) is 19.0. The molecule has 392 valence electrons. The van der Waals surface area contributed by atoms with E-state index in [2.05, 4.69) is 33.8 Å². The maximum atomic E-state index is 13.8. The number of esters is 2. The number of allylic oxidation sites excluding steroid dienone is 2. The molecule has 22 atom stereocenters. The van der Waals surface area contributed by atoms with Crippen LogP contribution in [0.4, 0.5) is 0 Å². The summed E-state index contributed by atoms with van der Waals surface area (Å²) in [5.74, 6) is -3.92. The van der Waals surface area contributed by atoms with Crippen LogP contribution in [0.25, 0.3) is 0 Å². The topological polar surface area (TPSA) is 289 Å². The van der Waals surface area contributed by atoms with Gasteiger partial charge in [0.1, 0.15) is 42.7 Å². The molecule has 2 saturated heterocycles.